The molecule has 1 aromatic heterocycles. The van der Waals surface area contributed by atoms with Crippen LogP contribution in [0.5, 0.6) is 0 Å². The van der Waals surface area contributed by atoms with Crippen LogP contribution in [-0.4, -0.2) is 4.98 Å². The van der Waals surface area contributed by atoms with Crippen molar-refractivity contribution in [2.24, 2.45) is 0 Å². The minimum absolute atomic E-state index is 0.0710. The minimum atomic E-state index is -4.40. The third kappa shape index (κ3) is 2.67. The van der Waals surface area contributed by atoms with E-state index in [1.54, 1.807) is 0 Å². The van der Waals surface area contributed by atoms with Gasteiger partial charge in [-0.15, -0.1) is 0 Å². The van der Waals surface area contributed by atoms with Crippen LogP contribution in [-0.2, 0) is 11.6 Å². The van der Waals surface area contributed by atoms with Gasteiger partial charge in [0.1, 0.15) is 0 Å². The van der Waals surface area contributed by atoms with E-state index >= 15 is 0 Å². The van der Waals surface area contributed by atoms with Crippen molar-refractivity contribution < 1.29 is 13.2 Å². The molecule has 0 fully saturated rings. The quantitative estimate of drug-likeness (QED) is 0.757. The van der Waals surface area contributed by atoms with E-state index in [4.69, 9.17) is 11.6 Å². The molecular formula is C11H13ClF3N. The highest BCUT2D eigenvalue weighted by molar-refractivity contribution is 6.31. The summed E-state index contributed by atoms with van der Waals surface area (Å²) >= 11 is 5.84. The van der Waals surface area contributed by atoms with Gasteiger partial charge in [0.25, 0.3) is 0 Å². The Labute approximate surface area is 97.6 Å². The molecular weight excluding hydrogens is 239 g/mol. The predicted molar refractivity (Wildman–Crippen MR) is 57.6 cm³/mol. The summed E-state index contributed by atoms with van der Waals surface area (Å²) in [6, 6.07) is 0.932. The number of pyridine rings is 1. The second kappa shape index (κ2) is 4.24. The van der Waals surface area contributed by atoms with E-state index in [1.807, 2.05) is 20.8 Å². The molecule has 0 aromatic carbocycles. The van der Waals surface area contributed by atoms with E-state index in [9.17, 15) is 13.2 Å². The summed E-state index contributed by atoms with van der Waals surface area (Å²) in [6.07, 6.45) is -2.81. The van der Waals surface area contributed by atoms with E-state index in [0.717, 1.165) is 18.7 Å². The zero-order valence-corrected chi connectivity index (χ0v) is 10.1. The van der Waals surface area contributed by atoms with Crippen molar-refractivity contribution in [1.29, 1.82) is 0 Å². The molecule has 16 heavy (non-hydrogen) atoms. The predicted octanol–water partition coefficient (Wildman–Crippen LogP) is 4.44. The minimum Gasteiger partial charge on any atom is -0.259 e. The smallest absolute Gasteiger partial charge is 0.259 e. The Morgan fingerprint density at radius 2 is 1.88 bits per heavy atom. The molecule has 0 saturated carbocycles. The normalized spacial score (nSPS) is 12.9. The fourth-order valence-corrected chi connectivity index (χ4v) is 1.68. The Morgan fingerprint density at radius 3 is 2.25 bits per heavy atom. The van der Waals surface area contributed by atoms with E-state index in [0.29, 0.717) is 5.69 Å². The molecule has 0 aliphatic heterocycles. The van der Waals surface area contributed by atoms with Crippen LogP contribution in [0.2, 0.25) is 5.02 Å². The first-order chi connectivity index (χ1) is 7.18. The largest absolute Gasteiger partial charge is 0.417 e. The second-order valence-electron chi connectivity index (χ2n) is 4.29. The third-order valence-electron chi connectivity index (χ3n) is 2.69. The van der Waals surface area contributed by atoms with Crippen LogP contribution < -0.4 is 0 Å². The molecule has 1 aromatic rings. The van der Waals surface area contributed by atoms with Gasteiger partial charge in [-0.05, 0) is 12.5 Å². The highest BCUT2D eigenvalue weighted by Gasteiger charge is 2.33. The average molecular weight is 252 g/mol. The summed E-state index contributed by atoms with van der Waals surface area (Å²) < 4.78 is 37.1. The number of hydrogen-bond donors (Lipinski definition) is 0. The fraction of sp³-hybridized carbons (Fsp3) is 0.545. The molecule has 1 heterocycles. The maximum absolute atomic E-state index is 12.4. The van der Waals surface area contributed by atoms with Gasteiger partial charge in [-0.3, -0.25) is 4.98 Å². The first-order valence-electron chi connectivity index (χ1n) is 4.91. The third-order valence-corrected chi connectivity index (χ3v) is 2.98. The lowest BCUT2D eigenvalue weighted by Gasteiger charge is -2.23. The van der Waals surface area contributed by atoms with Gasteiger partial charge in [-0.25, -0.2) is 0 Å². The zero-order valence-electron chi connectivity index (χ0n) is 9.32. The highest BCUT2D eigenvalue weighted by atomic mass is 35.5. The van der Waals surface area contributed by atoms with E-state index in [-0.39, 0.29) is 10.4 Å². The molecule has 0 aliphatic rings. The van der Waals surface area contributed by atoms with Gasteiger partial charge in [0.2, 0.25) is 0 Å². The van der Waals surface area contributed by atoms with Gasteiger partial charge in [-0.2, -0.15) is 13.2 Å². The summed E-state index contributed by atoms with van der Waals surface area (Å²) in [5, 5.41) is 0.0710. The number of nitrogens with zero attached hydrogens (tertiary/aromatic N) is 1. The second-order valence-corrected chi connectivity index (χ2v) is 4.70. The molecule has 0 spiro atoms. The molecule has 0 N–H and O–H groups in total. The van der Waals surface area contributed by atoms with Crippen molar-refractivity contribution in [3.63, 3.8) is 0 Å². The average Bonchev–Trinajstić information content (AvgIpc) is 2.16. The van der Waals surface area contributed by atoms with Crippen molar-refractivity contribution in [2.45, 2.75) is 38.8 Å². The Balaban J connectivity index is 3.20. The van der Waals surface area contributed by atoms with Crippen LogP contribution in [0.3, 0.4) is 0 Å². The van der Waals surface area contributed by atoms with Crippen molar-refractivity contribution in [2.75, 3.05) is 0 Å². The number of halogens is 4. The summed E-state index contributed by atoms with van der Waals surface area (Å²) in [4.78, 5) is 3.84. The molecule has 0 atom stereocenters. The topological polar surface area (TPSA) is 12.9 Å². The monoisotopic (exact) mass is 251 g/mol. The van der Waals surface area contributed by atoms with Crippen LogP contribution in [0.25, 0.3) is 0 Å². The molecule has 0 radical (unpaired) electrons. The van der Waals surface area contributed by atoms with Crippen molar-refractivity contribution >= 4 is 11.6 Å². The Morgan fingerprint density at radius 1 is 1.31 bits per heavy atom. The number of alkyl halides is 3. The van der Waals surface area contributed by atoms with Gasteiger partial charge in [0, 0.05) is 11.6 Å². The highest BCUT2D eigenvalue weighted by Crippen LogP contribution is 2.35. The summed E-state index contributed by atoms with van der Waals surface area (Å²) in [7, 11) is 0. The van der Waals surface area contributed by atoms with Crippen molar-refractivity contribution in [1.82, 2.24) is 4.98 Å². The standard InChI is InChI=1S/C11H13ClF3N/c1-4-10(2,3)9-8(12)5-7(6-16-9)11(13,14)15/h5-6H,4H2,1-3H3. The molecule has 5 heteroatoms. The molecule has 0 aliphatic carbocycles. The van der Waals surface area contributed by atoms with Gasteiger partial charge in [0.05, 0.1) is 16.3 Å². The Hall–Kier alpha value is -0.770. The lowest BCUT2D eigenvalue weighted by atomic mass is 9.86. The van der Waals surface area contributed by atoms with Crippen LogP contribution in [0.1, 0.15) is 38.4 Å². The summed E-state index contributed by atoms with van der Waals surface area (Å²) in [6.45, 7) is 5.73. The fourth-order valence-electron chi connectivity index (χ4n) is 1.26. The SMILES string of the molecule is CCC(C)(C)c1ncc(C(F)(F)F)cc1Cl. The van der Waals surface area contributed by atoms with Crippen molar-refractivity contribution in [3.05, 3.63) is 28.5 Å². The van der Waals surface area contributed by atoms with Crippen LogP contribution in [0.15, 0.2) is 12.3 Å². The lowest BCUT2D eigenvalue weighted by molar-refractivity contribution is -0.137. The van der Waals surface area contributed by atoms with Crippen LogP contribution >= 0.6 is 11.6 Å². The lowest BCUT2D eigenvalue weighted by Crippen LogP contribution is -2.19. The van der Waals surface area contributed by atoms with Crippen molar-refractivity contribution in [3.8, 4) is 0 Å². The molecule has 90 valence electrons. The molecule has 0 unspecified atom stereocenters. The van der Waals surface area contributed by atoms with Gasteiger partial charge in [0.15, 0.2) is 0 Å². The number of rotatable bonds is 2. The first kappa shape index (κ1) is 13.3. The Kier molecular flexibility index (Phi) is 3.53. The van der Waals surface area contributed by atoms with E-state index < -0.39 is 11.7 Å². The molecule has 0 bridgehead atoms. The zero-order chi connectivity index (χ0) is 12.6. The summed E-state index contributed by atoms with van der Waals surface area (Å²) in [5.41, 5.74) is -0.626. The molecule has 1 rings (SSSR count). The Bertz CT molecular complexity index is 385. The first-order valence-corrected chi connectivity index (χ1v) is 5.29. The maximum atomic E-state index is 12.4. The molecule has 1 nitrogen and oxygen atoms in total. The van der Waals surface area contributed by atoms with E-state index in [2.05, 4.69) is 4.98 Å². The van der Waals surface area contributed by atoms with Crippen LogP contribution in [0.4, 0.5) is 13.2 Å². The van der Waals surface area contributed by atoms with Gasteiger partial charge < -0.3 is 0 Å². The van der Waals surface area contributed by atoms with E-state index in [1.165, 1.54) is 0 Å². The van der Waals surface area contributed by atoms with Gasteiger partial charge in [-0.1, -0.05) is 32.4 Å². The molecule has 0 amide bonds. The van der Waals surface area contributed by atoms with Crippen LogP contribution in [0, 0.1) is 0 Å². The number of aromatic nitrogens is 1. The van der Waals surface area contributed by atoms with Gasteiger partial charge >= 0.3 is 6.18 Å². The molecule has 0 saturated heterocycles. The number of hydrogen-bond acceptors (Lipinski definition) is 1. The summed E-state index contributed by atoms with van der Waals surface area (Å²) in [5.74, 6) is 0. The maximum Gasteiger partial charge on any atom is 0.417 e.